The lowest BCUT2D eigenvalue weighted by molar-refractivity contribution is 0.0526. The topological polar surface area (TPSA) is 84.3 Å². The minimum Gasteiger partial charge on any atom is -0.462 e. The summed E-state index contributed by atoms with van der Waals surface area (Å²) in [7, 11) is 0. The number of nitrogens with one attached hydrogen (secondary N) is 2. The molecule has 0 unspecified atom stereocenters. The van der Waals surface area contributed by atoms with Gasteiger partial charge in [-0.1, -0.05) is 23.7 Å². The first-order valence-corrected chi connectivity index (χ1v) is 8.10. The highest BCUT2D eigenvalue weighted by Gasteiger charge is 2.13. The molecule has 2 aromatic carbocycles. The Kier molecular flexibility index (Phi) is 3.77. The van der Waals surface area contributed by atoms with E-state index < -0.39 is 0 Å². The van der Waals surface area contributed by atoms with Crippen molar-refractivity contribution >= 4 is 46.0 Å². The highest BCUT2D eigenvalue weighted by atomic mass is 35.5. The minimum atomic E-state index is -0.366. The smallest absolute Gasteiger partial charge is 0.338 e. The fourth-order valence-electron chi connectivity index (χ4n) is 2.57. The average Bonchev–Trinajstić information content (AvgIpc) is 3.13. The highest BCUT2D eigenvalue weighted by Crippen LogP contribution is 2.24. The molecule has 0 saturated carbocycles. The van der Waals surface area contributed by atoms with Crippen LogP contribution in [-0.4, -0.2) is 32.2 Å². The van der Waals surface area contributed by atoms with Gasteiger partial charge in [-0.25, -0.2) is 14.3 Å². The number of nitrogens with zero attached hydrogens (tertiary/aromatic N) is 3. The van der Waals surface area contributed by atoms with Crippen LogP contribution in [0.2, 0.25) is 5.02 Å². The molecule has 0 radical (unpaired) electrons. The van der Waals surface area contributed by atoms with E-state index in [1.54, 1.807) is 35.7 Å². The molecule has 0 aliphatic heterocycles. The standard InChI is InChI=1S/C17H14ClN5O2/c1-2-25-15(24)10-7-8-14-13(9-10)20-17-21-16(22-23(14)17)19-12-6-4-3-5-11(12)18/h3-9H,2H2,1H3,(H2,19,20,21,22). The second-order valence-electron chi connectivity index (χ2n) is 5.35. The number of para-hydroxylation sites is 1. The van der Waals surface area contributed by atoms with E-state index in [4.69, 9.17) is 16.3 Å². The summed E-state index contributed by atoms with van der Waals surface area (Å²) < 4.78 is 6.75. The first-order chi connectivity index (χ1) is 12.2. The number of imidazole rings is 1. The molecule has 0 bridgehead atoms. The zero-order valence-electron chi connectivity index (χ0n) is 13.3. The summed E-state index contributed by atoms with van der Waals surface area (Å²) in [5.74, 6) is 0.646. The average molecular weight is 356 g/mol. The molecule has 0 aliphatic rings. The fourth-order valence-corrected chi connectivity index (χ4v) is 2.75. The molecule has 0 aliphatic carbocycles. The second-order valence-corrected chi connectivity index (χ2v) is 5.76. The molecule has 0 atom stereocenters. The lowest BCUT2D eigenvalue weighted by Crippen LogP contribution is -2.04. The number of carbonyl (C=O) groups excluding carboxylic acids is 1. The van der Waals surface area contributed by atoms with Crippen LogP contribution in [0.3, 0.4) is 0 Å². The van der Waals surface area contributed by atoms with Gasteiger partial charge in [0.2, 0.25) is 5.95 Å². The van der Waals surface area contributed by atoms with Crippen LogP contribution < -0.4 is 5.32 Å². The number of H-pyrrole nitrogens is 1. The molecule has 0 fully saturated rings. The van der Waals surface area contributed by atoms with Gasteiger partial charge in [0.1, 0.15) is 0 Å². The van der Waals surface area contributed by atoms with Gasteiger partial charge < -0.3 is 10.1 Å². The SMILES string of the molecule is CCOC(=O)c1ccc2c(c1)nc1nc(Nc3ccccc3Cl)[nH]n12. The van der Waals surface area contributed by atoms with Crippen molar-refractivity contribution in [3.05, 3.63) is 53.1 Å². The Hall–Kier alpha value is -3.06. The van der Waals surface area contributed by atoms with Crippen molar-refractivity contribution in [1.82, 2.24) is 19.6 Å². The lowest BCUT2D eigenvalue weighted by atomic mass is 10.2. The normalized spacial score (nSPS) is 11.1. The number of carbonyl (C=O) groups is 1. The van der Waals surface area contributed by atoms with E-state index in [1.165, 1.54) is 0 Å². The molecule has 0 saturated heterocycles. The van der Waals surface area contributed by atoms with Gasteiger partial charge in [0.05, 0.1) is 33.9 Å². The molecule has 7 nitrogen and oxygen atoms in total. The van der Waals surface area contributed by atoms with Crippen LogP contribution in [0.1, 0.15) is 17.3 Å². The van der Waals surface area contributed by atoms with Crippen molar-refractivity contribution in [2.45, 2.75) is 6.92 Å². The summed E-state index contributed by atoms with van der Waals surface area (Å²) in [5.41, 5.74) is 2.68. The summed E-state index contributed by atoms with van der Waals surface area (Å²) >= 11 is 6.14. The largest absolute Gasteiger partial charge is 0.462 e. The van der Waals surface area contributed by atoms with Gasteiger partial charge in [0, 0.05) is 0 Å². The molecule has 2 heterocycles. The third-order valence-electron chi connectivity index (χ3n) is 3.70. The van der Waals surface area contributed by atoms with Gasteiger partial charge in [-0.15, -0.1) is 0 Å². The molecule has 4 rings (SSSR count). The number of esters is 1. The first-order valence-electron chi connectivity index (χ1n) is 7.72. The van der Waals surface area contributed by atoms with Crippen LogP contribution in [-0.2, 0) is 4.74 Å². The van der Waals surface area contributed by atoms with E-state index in [9.17, 15) is 4.79 Å². The quantitative estimate of drug-likeness (QED) is 0.544. The van der Waals surface area contributed by atoms with Crippen LogP contribution in [0, 0.1) is 0 Å². The van der Waals surface area contributed by atoms with Gasteiger partial charge >= 0.3 is 5.97 Å². The van der Waals surface area contributed by atoms with Crippen LogP contribution in [0.4, 0.5) is 11.6 Å². The third kappa shape index (κ3) is 2.78. The van der Waals surface area contributed by atoms with Gasteiger partial charge in [-0.2, -0.15) is 4.98 Å². The number of hydrogen-bond donors (Lipinski definition) is 2. The summed E-state index contributed by atoms with van der Waals surface area (Å²) in [6, 6.07) is 12.6. The fraction of sp³-hybridized carbons (Fsp3) is 0.118. The molecule has 126 valence electrons. The van der Waals surface area contributed by atoms with E-state index >= 15 is 0 Å². The Morgan fingerprint density at radius 1 is 1.28 bits per heavy atom. The number of rotatable bonds is 4. The second kappa shape index (κ2) is 6.10. The Balaban J connectivity index is 1.70. The van der Waals surface area contributed by atoms with Crippen LogP contribution in [0.5, 0.6) is 0 Å². The van der Waals surface area contributed by atoms with Gasteiger partial charge in [0.15, 0.2) is 0 Å². The highest BCUT2D eigenvalue weighted by molar-refractivity contribution is 6.33. The van der Waals surface area contributed by atoms with Gasteiger partial charge in [0.25, 0.3) is 5.78 Å². The van der Waals surface area contributed by atoms with Crippen LogP contribution >= 0.6 is 11.6 Å². The Morgan fingerprint density at radius 2 is 2.12 bits per heavy atom. The molecule has 2 aromatic heterocycles. The maximum atomic E-state index is 11.8. The number of aromatic nitrogens is 4. The van der Waals surface area contributed by atoms with E-state index in [-0.39, 0.29) is 5.97 Å². The Bertz CT molecular complexity index is 1090. The molecular formula is C17H14ClN5O2. The number of aromatic amines is 1. The van der Waals surface area contributed by atoms with E-state index in [1.807, 2.05) is 18.2 Å². The molecule has 0 amide bonds. The van der Waals surface area contributed by atoms with E-state index in [2.05, 4.69) is 20.4 Å². The van der Waals surface area contributed by atoms with Crippen molar-refractivity contribution in [2.24, 2.45) is 0 Å². The Labute approximate surface area is 147 Å². The van der Waals surface area contributed by atoms with Crippen LogP contribution in [0.25, 0.3) is 16.8 Å². The number of hydrogen-bond acceptors (Lipinski definition) is 5. The molecule has 8 heteroatoms. The minimum absolute atomic E-state index is 0.333. The third-order valence-corrected chi connectivity index (χ3v) is 4.03. The number of ether oxygens (including phenoxy) is 1. The first kappa shape index (κ1) is 15.5. The number of halogens is 1. The predicted molar refractivity (Wildman–Crippen MR) is 95.5 cm³/mol. The monoisotopic (exact) mass is 355 g/mol. The van der Waals surface area contributed by atoms with Gasteiger partial charge in [-0.3, -0.25) is 5.10 Å². The number of anilines is 2. The molecule has 4 aromatic rings. The lowest BCUT2D eigenvalue weighted by Gasteiger charge is -2.04. The van der Waals surface area contributed by atoms with Gasteiger partial charge in [-0.05, 0) is 37.3 Å². The zero-order chi connectivity index (χ0) is 17.4. The molecule has 0 spiro atoms. The van der Waals surface area contributed by atoms with E-state index in [0.717, 1.165) is 11.2 Å². The maximum Gasteiger partial charge on any atom is 0.338 e. The van der Waals surface area contributed by atoms with Crippen molar-refractivity contribution in [2.75, 3.05) is 11.9 Å². The summed E-state index contributed by atoms with van der Waals surface area (Å²) in [6.45, 7) is 2.10. The maximum absolute atomic E-state index is 11.8. The van der Waals surface area contributed by atoms with Crippen LogP contribution in [0.15, 0.2) is 42.5 Å². The summed E-state index contributed by atoms with van der Waals surface area (Å²) in [4.78, 5) is 20.7. The number of benzene rings is 2. The molecule has 25 heavy (non-hydrogen) atoms. The van der Waals surface area contributed by atoms with Crippen molar-refractivity contribution in [1.29, 1.82) is 0 Å². The summed E-state index contributed by atoms with van der Waals surface area (Å²) in [5, 5.41) is 6.85. The number of fused-ring (bicyclic) bond motifs is 3. The van der Waals surface area contributed by atoms with Crippen molar-refractivity contribution in [3.8, 4) is 0 Å². The van der Waals surface area contributed by atoms with Crippen molar-refractivity contribution < 1.29 is 9.53 Å². The summed E-state index contributed by atoms with van der Waals surface area (Å²) in [6.07, 6.45) is 0. The zero-order valence-corrected chi connectivity index (χ0v) is 14.0. The molecular weight excluding hydrogens is 342 g/mol. The van der Waals surface area contributed by atoms with Crippen molar-refractivity contribution in [3.63, 3.8) is 0 Å². The molecule has 2 N–H and O–H groups in total. The Morgan fingerprint density at radius 3 is 2.92 bits per heavy atom. The predicted octanol–water partition coefficient (Wildman–Crippen LogP) is 3.78. The van der Waals surface area contributed by atoms with E-state index in [0.29, 0.717) is 34.4 Å².